The zero-order valence-electron chi connectivity index (χ0n) is 16.8. The molecule has 3 aromatic rings. The van der Waals surface area contributed by atoms with Gasteiger partial charge in [0, 0.05) is 18.7 Å². The van der Waals surface area contributed by atoms with Crippen LogP contribution in [0, 0.1) is 0 Å². The number of nitrogens with zero attached hydrogens (tertiary/aromatic N) is 2. The van der Waals surface area contributed by atoms with Crippen LogP contribution >= 0.6 is 11.8 Å². The molecule has 7 nitrogen and oxygen atoms in total. The molecule has 158 valence electrons. The summed E-state index contributed by atoms with van der Waals surface area (Å²) in [5.74, 6) is 0.102. The van der Waals surface area contributed by atoms with E-state index in [4.69, 9.17) is 0 Å². The Labute approximate surface area is 179 Å². The zero-order chi connectivity index (χ0) is 21.7. The molecule has 0 aliphatic rings. The van der Waals surface area contributed by atoms with Gasteiger partial charge >= 0.3 is 0 Å². The summed E-state index contributed by atoms with van der Waals surface area (Å²) in [7, 11) is -3.21. The number of hydrogen-bond donors (Lipinski definition) is 1. The first-order valence-corrected chi connectivity index (χ1v) is 12.4. The fourth-order valence-electron chi connectivity index (χ4n) is 2.99. The lowest BCUT2D eigenvalue weighted by Crippen LogP contribution is -2.24. The van der Waals surface area contributed by atoms with Crippen LogP contribution in [0.25, 0.3) is 10.9 Å². The van der Waals surface area contributed by atoms with E-state index in [2.05, 4.69) is 9.71 Å². The summed E-state index contributed by atoms with van der Waals surface area (Å²) in [6.07, 6.45) is 1.66. The largest absolute Gasteiger partial charge is 0.293 e. The van der Waals surface area contributed by atoms with E-state index in [1.807, 2.05) is 31.2 Å². The molecule has 2 aromatic carbocycles. The fourth-order valence-corrected chi connectivity index (χ4v) is 4.42. The smallest absolute Gasteiger partial charge is 0.262 e. The Morgan fingerprint density at radius 3 is 2.50 bits per heavy atom. The van der Waals surface area contributed by atoms with Crippen molar-refractivity contribution in [2.24, 2.45) is 0 Å². The molecule has 0 aliphatic heterocycles. The van der Waals surface area contributed by atoms with E-state index < -0.39 is 10.0 Å². The average molecular weight is 446 g/mol. The second-order valence-corrected chi connectivity index (χ2v) is 9.56. The number of sulfonamides is 1. The van der Waals surface area contributed by atoms with Crippen LogP contribution in [-0.2, 0) is 23.0 Å². The van der Waals surface area contributed by atoms with E-state index in [1.165, 1.54) is 11.8 Å². The molecule has 0 aliphatic carbocycles. The van der Waals surface area contributed by atoms with Crippen LogP contribution in [0.5, 0.6) is 0 Å². The maximum Gasteiger partial charge on any atom is 0.262 e. The van der Waals surface area contributed by atoms with Crippen LogP contribution in [0.3, 0.4) is 0 Å². The number of hydrogen-bond acceptors (Lipinski definition) is 6. The van der Waals surface area contributed by atoms with Crippen LogP contribution in [0.15, 0.2) is 58.5 Å². The highest BCUT2D eigenvalue weighted by atomic mass is 32.2. The van der Waals surface area contributed by atoms with Crippen molar-refractivity contribution in [3.8, 4) is 0 Å². The molecule has 1 aromatic heterocycles. The number of carbonyl (C=O) groups excluding carboxylic acids is 1. The van der Waals surface area contributed by atoms with Crippen LogP contribution in [0.4, 0.5) is 0 Å². The van der Waals surface area contributed by atoms with Gasteiger partial charge in [0.1, 0.15) is 0 Å². The van der Waals surface area contributed by atoms with Gasteiger partial charge in [0.05, 0.1) is 22.9 Å². The summed E-state index contributed by atoms with van der Waals surface area (Å²) in [6, 6.07) is 14.3. The van der Waals surface area contributed by atoms with Crippen LogP contribution in [-0.4, -0.2) is 42.3 Å². The first-order valence-electron chi connectivity index (χ1n) is 9.47. The van der Waals surface area contributed by atoms with Crippen molar-refractivity contribution in [3.05, 3.63) is 70.0 Å². The summed E-state index contributed by atoms with van der Waals surface area (Å²) >= 11 is 1.25. The molecule has 1 N–H and O–H groups in total. The van der Waals surface area contributed by atoms with Crippen molar-refractivity contribution >= 4 is 38.5 Å². The number of Topliss-reactive ketones (excluding diaryl/α,β-unsaturated/α-hetero) is 1. The number of para-hydroxylation sites is 1. The molecule has 0 radical (unpaired) electrons. The van der Waals surface area contributed by atoms with Crippen molar-refractivity contribution in [1.82, 2.24) is 14.3 Å². The quantitative estimate of drug-likeness (QED) is 0.309. The third-order valence-electron chi connectivity index (χ3n) is 4.53. The number of fused-ring (bicyclic) bond motifs is 1. The average Bonchev–Trinajstić information content (AvgIpc) is 2.72. The SMILES string of the molecule is CCn1c(SCC(=O)c2ccc(CCNS(C)(=O)=O)cc2)nc2ccccc2c1=O. The van der Waals surface area contributed by atoms with E-state index in [0.717, 1.165) is 11.8 Å². The molecule has 0 fully saturated rings. The van der Waals surface area contributed by atoms with Crippen LogP contribution in [0.1, 0.15) is 22.8 Å². The highest BCUT2D eigenvalue weighted by Gasteiger charge is 2.13. The van der Waals surface area contributed by atoms with E-state index in [1.54, 1.807) is 28.8 Å². The van der Waals surface area contributed by atoms with Crippen LogP contribution < -0.4 is 10.3 Å². The lowest BCUT2D eigenvalue weighted by atomic mass is 10.1. The van der Waals surface area contributed by atoms with Gasteiger partial charge in [-0.2, -0.15) is 0 Å². The minimum absolute atomic E-state index is 0.0640. The molecule has 9 heteroatoms. The van der Waals surface area contributed by atoms with Gasteiger partial charge in [-0.3, -0.25) is 14.2 Å². The zero-order valence-corrected chi connectivity index (χ0v) is 18.4. The summed E-state index contributed by atoms with van der Waals surface area (Å²) in [6.45, 7) is 2.66. The van der Waals surface area contributed by atoms with Crippen molar-refractivity contribution in [2.45, 2.75) is 25.0 Å². The van der Waals surface area contributed by atoms with Gasteiger partial charge in [0.2, 0.25) is 10.0 Å². The number of benzene rings is 2. The number of thioether (sulfide) groups is 1. The van der Waals surface area contributed by atoms with Gasteiger partial charge in [-0.05, 0) is 31.0 Å². The number of nitrogens with one attached hydrogen (secondary N) is 1. The Morgan fingerprint density at radius 1 is 1.13 bits per heavy atom. The standard InChI is InChI=1S/C21H23N3O4S2/c1-3-24-20(26)17-6-4-5-7-18(17)23-21(24)29-14-19(25)16-10-8-15(9-11-16)12-13-22-30(2,27)28/h4-11,22H,3,12-14H2,1-2H3. The molecule has 0 amide bonds. The molecule has 0 spiro atoms. The third kappa shape index (κ3) is 5.56. The minimum atomic E-state index is -3.21. The topological polar surface area (TPSA) is 98.1 Å². The first kappa shape index (κ1) is 22.2. The summed E-state index contributed by atoms with van der Waals surface area (Å²) in [5.41, 5.74) is 2.01. The second kappa shape index (κ2) is 9.55. The molecule has 0 saturated carbocycles. The molecule has 0 unspecified atom stereocenters. The number of rotatable bonds is 9. The summed E-state index contributed by atoms with van der Waals surface area (Å²) in [5, 5.41) is 1.09. The molecule has 0 atom stereocenters. The van der Waals surface area contributed by atoms with E-state index in [-0.39, 0.29) is 17.1 Å². The molecule has 30 heavy (non-hydrogen) atoms. The number of carbonyl (C=O) groups is 1. The normalized spacial score (nSPS) is 11.7. The molecular weight excluding hydrogens is 422 g/mol. The fraction of sp³-hybridized carbons (Fsp3) is 0.286. The first-order chi connectivity index (χ1) is 14.3. The Hall–Kier alpha value is -2.49. The minimum Gasteiger partial charge on any atom is -0.293 e. The molecular formula is C21H23N3O4S2. The van der Waals surface area contributed by atoms with E-state index in [9.17, 15) is 18.0 Å². The summed E-state index contributed by atoms with van der Waals surface area (Å²) in [4.78, 5) is 29.8. The molecule has 0 bridgehead atoms. The van der Waals surface area contributed by atoms with Gasteiger partial charge in [0.15, 0.2) is 10.9 Å². The van der Waals surface area contributed by atoms with Gasteiger partial charge < -0.3 is 0 Å². The Kier molecular flexibility index (Phi) is 7.06. The summed E-state index contributed by atoms with van der Waals surface area (Å²) < 4.78 is 26.2. The monoisotopic (exact) mass is 445 g/mol. The Morgan fingerprint density at radius 2 is 1.83 bits per heavy atom. The lowest BCUT2D eigenvalue weighted by Gasteiger charge is -2.11. The van der Waals surface area contributed by atoms with Gasteiger partial charge in [-0.25, -0.2) is 18.1 Å². The van der Waals surface area contributed by atoms with Crippen molar-refractivity contribution < 1.29 is 13.2 Å². The number of ketones is 1. The van der Waals surface area contributed by atoms with Crippen molar-refractivity contribution in [3.63, 3.8) is 0 Å². The number of aromatic nitrogens is 2. The maximum atomic E-state index is 12.7. The van der Waals surface area contributed by atoms with Crippen molar-refractivity contribution in [1.29, 1.82) is 0 Å². The van der Waals surface area contributed by atoms with Gasteiger partial charge in [-0.1, -0.05) is 48.2 Å². The maximum absolute atomic E-state index is 12.7. The van der Waals surface area contributed by atoms with E-state index in [0.29, 0.717) is 41.1 Å². The van der Waals surface area contributed by atoms with Crippen LogP contribution in [0.2, 0.25) is 0 Å². The second-order valence-electron chi connectivity index (χ2n) is 6.79. The Bertz CT molecular complexity index is 1220. The lowest BCUT2D eigenvalue weighted by molar-refractivity contribution is 0.102. The van der Waals surface area contributed by atoms with Crippen molar-refractivity contribution in [2.75, 3.05) is 18.6 Å². The highest BCUT2D eigenvalue weighted by Crippen LogP contribution is 2.19. The third-order valence-corrected chi connectivity index (χ3v) is 6.23. The predicted molar refractivity (Wildman–Crippen MR) is 120 cm³/mol. The Balaban J connectivity index is 1.68. The molecule has 3 rings (SSSR count). The molecule has 1 heterocycles. The highest BCUT2D eigenvalue weighted by molar-refractivity contribution is 7.99. The molecule has 0 saturated heterocycles. The van der Waals surface area contributed by atoms with Gasteiger partial charge in [-0.15, -0.1) is 0 Å². The predicted octanol–water partition coefficient (Wildman–Crippen LogP) is 2.48. The van der Waals surface area contributed by atoms with Gasteiger partial charge in [0.25, 0.3) is 5.56 Å². The van der Waals surface area contributed by atoms with E-state index >= 15 is 0 Å².